The first-order valence-electron chi connectivity index (χ1n) is 40.5. The molecule has 0 saturated heterocycles. The van der Waals surface area contributed by atoms with Gasteiger partial charge in [-0.1, -0.05) is 104 Å². The highest BCUT2D eigenvalue weighted by Gasteiger charge is 2.35. The van der Waals surface area contributed by atoms with E-state index in [1.807, 2.05) is 85.5 Å². The third-order valence-corrected chi connectivity index (χ3v) is 19.0. The summed E-state index contributed by atoms with van der Waals surface area (Å²) in [6.07, 6.45) is 30.0. The number of aryl methyl sites for hydroxylation is 5. The molecule has 31 heteroatoms. The number of hydrogen-bond acceptors (Lipinski definition) is 26. The van der Waals surface area contributed by atoms with Crippen LogP contribution >= 0.6 is 0 Å². The number of nitrogens with zero attached hydrogens (tertiary/aromatic N) is 26. The van der Waals surface area contributed by atoms with Crippen molar-refractivity contribution in [2.45, 2.75) is 212 Å². The van der Waals surface area contributed by atoms with Crippen molar-refractivity contribution < 1.29 is 24.0 Å². The monoisotopic (exact) mass is 1640 g/mol. The Balaban J connectivity index is 0.000000139. The summed E-state index contributed by atoms with van der Waals surface area (Å²) in [4.78, 5) is 135. The Morgan fingerprint density at radius 3 is 1.11 bits per heavy atom. The van der Waals surface area contributed by atoms with Gasteiger partial charge in [-0.15, -0.1) is 0 Å². The summed E-state index contributed by atoms with van der Waals surface area (Å²) in [5.41, 5.74) is 14.8. The zero-order chi connectivity index (χ0) is 88.4. The van der Waals surface area contributed by atoms with E-state index in [2.05, 4.69) is 214 Å². The van der Waals surface area contributed by atoms with Gasteiger partial charge in [0.05, 0.1) is 58.5 Å². The maximum atomic E-state index is 12.8. The van der Waals surface area contributed by atoms with Crippen molar-refractivity contribution in [3.05, 3.63) is 175 Å². The molecule has 16 rings (SSSR count). The average Bonchev–Trinajstić information content (AvgIpc) is 1.65. The molecule has 1 aliphatic rings. The van der Waals surface area contributed by atoms with Crippen molar-refractivity contribution in [1.29, 1.82) is 0 Å². The van der Waals surface area contributed by atoms with Crippen LogP contribution in [0.2, 0.25) is 0 Å². The molecule has 0 aromatic carbocycles. The van der Waals surface area contributed by atoms with Gasteiger partial charge in [0.25, 0.3) is 0 Å². The second-order valence-corrected chi connectivity index (χ2v) is 37.1. The molecule has 0 bridgehead atoms. The van der Waals surface area contributed by atoms with Crippen LogP contribution < -0.4 is 0 Å². The largest absolute Gasteiger partial charge is 0.331 e. The predicted molar refractivity (Wildman–Crippen MR) is 469 cm³/mol. The van der Waals surface area contributed by atoms with Gasteiger partial charge in [0.15, 0.2) is 51.8 Å². The number of Topliss-reactive ketones (excluding diaryl/α,β-unsaturated/α-hetero) is 5. The molecule has 0 N–H and O–H groups in total. The minimum atomic E-state index is -0.126. The summed E-state index contributed by atoms with van der Waals surface area (Å²) < 4.78 is 9.43. The molecule has 1 fully saturated rings. The van der Waals surface area contributed by atoms with E-state index in [0.717, 1.165) is 115 Å². The van der Waals surface area contributed by atoms with E-state index in [0.29, 0.717) is 99.2 Å². The van der Waals surface area contributed by atoms with Gasteiger partial charge in [-0.2, -0.15) is 20.4 Å². The van der Waals surface area contributed by atoms with E-state index in [9.17, 15) is 24.0 Å². The third kappa shape index (κ3) is 21.9. The highest BCUT2D eigenvalue weighted by atomic mass is 16.1. The highest BCUT2D eigenvalue weighted by Crippen LogP contribution is 2.37. The molecule has 15 heterocycles. The van der Waals surface area contributed by atoms with Crippen LogP contribution in [-0.4, -0.2) is 157 Å². The molecule has 31 nitrogen and oxygen atoms in total. The Kier molecular flexibility index (Phi) is 25.4. The number of carbonyl (C=O) groups excluding carboxylic acids is 5. The molecule has 0 atom stereocenters. The van der Waals surface area contributed by atoms with Crippen LogP contribution in [0.1, 0.15) is 226 Å². The van der Waals surface area contributed by atoms with Crippen LogP contribution in [0.5, 0.6) is 0 Å². The van der Waals surface area contributed by atoms with E-state index in [4.69, 9.17) is 0 Å². The fourth-order valence-corrected chi connectivity index (χ4v) is 13.2. The van der Waals surface area contributed by atoms with E-state index in [-0.39, 0.29) is 61.9 Å². The Morgan fingerprint density at radius 2 is 0.680 bits per heavy atom. The fourth-order valence-electron chi connectivity index (χ4n) is 13.2. The SMILES string of the molecule is CC(=O)c1cn(CC(C)(C)C)c2ncc(-c3cnc(C)nc3)cc12.CC(=O)c1nn(CC(C)(C)C)c2cnc(-c3cnc(C)nc3)cc12.CC(=O)c1nn(CC(C)(C)C)c2cnc(-c3cnc(C)nc3)nc12.CC(=O)c1nn(CC(C)(C)C)c2ncc(-c3cnc(C)nc3)nc12.Cc1ncc(-c2cc3c(C(=O)C4CC4)nn(CC(C)(C)C)c3cn2)cn1. The number of rotatable bonds is 16. The summed E-state index contributed by atoms with van der Waals surface area (Å²) in [6, 6.07) is 5.85. The van der Waals surface area contributed by atoms with E-state index < -0.39 is 0 Å². The molecule has 630 valence electrons. The van der Waals surface area contributed by atoms with Gasteiger partial charge >= 0.3 is 0 Å². The lowest BCUT2D eigenvalue weighted by atomic mass is 9.97. The Labute approximate surface area is 708 Å². The van der Waals surface area contributed by atoms with Crippen LogP contribution in [0.4, 0.5) is 0 Å². The lowest BCUT2D eigenvalue weighted by molar-refractivity contribution is 0.0959. The molecule has 0 spiro atoms. The minimum absolute atomic E-state index is 0.0121. The van der Waals surface area contributed by atoms with Gasteiger partial charge in [0.2, 0.25) is 0 Å². The first-order valence-corrected chi connectivity index (χ1v) is 40.5. The van der Waals surface area contributed by atoms with Crippen LogP contribution in [-0.2, 0) is 32.7 Å². The summed E-state index contributed by atoms with van der Waals surface area (Å²) >= 11 is 0. The average molecular weight is 1640 g/mol. The molecule has 0 aliphatic heterocycles. The van der Waals surface area contributed by atoms with Crippen molar-refractivity contribution >= 4 is 84.0 Å². The van der Waals surface area contributed by atoms with Crippen molar-refractivity contribution in [3.63, 3.8) is 0 Å². The maximum Gasteiger partial charge on any atom is 0.186 e. The first kappa shape index (κ1) is 88.1. The zero-order valence-corrected chi connectivity index (χ0v) is 74.2. The van der Waals surface area contributed by atoms with Gasteiger partial charge in [-0.25, -0.2) is 79.4 Å². The van der Waals surface area contributed by atoms with Crippen LogP contribution in [0.15, 0.2) is 117 Å². The lowest BCUT2D eigenvalue weighted by Crippen LogP contribution is -2.17. The number of ketones is 5. The molecule has 0 unspecified atom stereocenters. The highest BCUT2D eigenvalue weighted by molar-refractivity contribution is 6.10. The van der Waals surface area contributed by atoms with Gasteiger partial charge in [0.1, 0.15) is 62.7 Å². The van der Waals surface area contributed by atoms with E-state index in [1.165, 1.54) is 20.8 Å². The third-order valence-electron chi connectivity index (χ3n) is 19.0. The first-order chi connectivity index (χ1) is 57.3. The molecule has 122 heavy (non-hydrogen) atoms. The van der Waals surface area contributed by atoms with Crippen LogP contribution in [0, 0.1) is 67.6 Å². The second-order valence-electron chi connectivity index (χ2n) is 37.1. The van der Waals surface area contributed by atoms with E-state index >= 15 is 0 Å². The smallest absolute Gasteiger partial charge is 0.186 e. The minimum Gasteiger partial charge on any atom is -0.331 e. The van der Waals surface area contributed by atoms with Gasteiger partial charge < -0.3 is 4.57 Å². The molecular weight excluding hydrogens is 1540 g/mol. The van der Waals surface area contributed by atoms with Crippen molar-refractivity contribution in [3.8, 4) is 56.3 Å². The van der Waals surface area contributed by atoms with Gasteiger partial charge in [-0.05, 0) is 99.7 Å². The molecule has 0 amide bonds. The number of hydrogen-bond donors (Lipinski definition) is 0. The molecular formula is C91H106N26O5. The number of pyridine rings is 3. The molecule has 0 radical (unpaired) electrons. The fraction of sp³-hybridized carbons (Fsp3) is 0.407. The van der Waals surface area contributed by atoms with Crippen molar-refractivity contribution in [2.75, 3.05) is 0 Å². The van der Waals surface area contributed by atoms with Gasteiger partial charge in [-0.3, -0.25) is 48.0 Å². The van der Waals surface area contributed by atoms with Crippen LogP contribution in [0.3, 0.4) is 0 Å². The number of carbonyl (C=O) groups is 5. The molecule has 15 aromatic rings. The summed E-state index contributed by atoms with van der Waals surface area (Å²) in [7, 11) is 0. The molecule has 1 saturated carbocycles. The summed E-state index contributed by atoms with van der Waals surface area (Å²) in [5.74, 6) is 4.06. The lowest BCUT2D eigenvalue weighted by Gasteiger charge is -2.19. The van der Waals surface area contributed by atoms with Crippen LogP contribution in [0.25, 0.3) is 111 Å². The number of fused-ring (bicyclic) bond motifs is 5. The normalized spacial score (nSPS) is 12.5. The number of aromatic nitrogens is 26. The summed E-state index contributed by atoms with van der Waals surface area (Å²) in [6.45, 7) is 51.0. The van der Waals surface area contributed by atoms with Crippen molar-refractivity contribution in [1.82, 2.24) is 128 Å². The Bertz CT molecular complexity index is 5780. The standard InChI is InChI=1S/C20H23N5O.C19H22N4O.C18H21N5O.2C17H20N6O/c1-12-21-8-14(9-22-12)16-7-15-17(10-23-16)25(11-20(2,3)4)24-18(15)19(26)13-5-6-13;1-12(24)17-10-23(11-19(3,4)5)18-16(17)6-14(7-22-18)15-8-20-13(2)21-9-15;1-11(24)17-14-6-15(13-7-19-12(2)20-8-13)21-9-16(14)23(22-17)10-18(3,4)5;1-10(24)14-15-13(23(22-14)9-17(3,4)5)8-20-16(21-15)12-6-18-11(2)19-7-12;1-10(24)14-15-16(23(22-14)9-17(3,4)5)20-8-13(21-15)12-6-18-11(2)19-7-12/h7-10,13H,5-6,11H2,1-4H3;6-10H,11H2,1-5H3;6-9H,10H2,1-5H3;2*6-8H,9H2,1-5H3. The Morgan fingerprint density at radius 1 is 0.320 bits per heavy atom. The maximum absolute atomic E-state index is 12.8. The Hall–Kier alpha value is -13.2. The zero-order valence-electron chi connectivity index (χ0n) is 74.2. The van der Waals surface area contributed by atoms with Crippen molar-refractivity contribution in [2.24, 2.45) is 33.0 Å². The topological polar surface area (TPSA) is 381 Å². The second kappa shape index (κ2) is 35.2. The quantitative estimate of drug-likeness (QED) is 0.0811. The molecule has 15 aromatic heterocycles. The van der Waals surface area contributed by atoms with E-state index in [1.54, 1.807) is 92.2 Å². The summed E-state index contributed by atoms with van der Waals surface area (Å²) in [5, 5.41) is 20.7. The predicted octanol–water partition coefficient (Wildman–Crippen LogP) is 17.0. The molecule has 1 aliphatic carbocycles. The van der Waals surface area contributed by atoms with Gasteiger partial charge in [0, 0.05) is 183 Å².